The fraction of sp³-hybridized carbons (Fsp3) is 0.750. The van der Waals surface area contributed by atoms with Crippen molar-refractivity contribution in [2.24, 2.45) is 0 Å². The first-order chi connectivity index (χ1) is 3.39. The maximum atomic E-state index is 10.1. The van der Waals surface area contributed by atoms with Crippen molar-refractivity contribution in [3.63, 3.8) is 0 Å². The van der Waals surface area contributed by atoms with E-state index in [9.17, 15) is 4.79 Å². The van der Waals surface area contributed by atoms with Gasteiger partial charge in [0.2, 0.25) is 6.09 Å². The van der Waals surface area contributed by atoms with Crippen LogP contribution in [-0.2, 0) is 27.1 Å². The van der Waals surface area contributed by atoms with E-state index in [0.717, 1.165) is 6.42 Å². The van der Waals surface area contributed by atoms with Gasteiger partial charge in [-0.2, -0.15) is 0 Å². The summed E-state index contributed by atoms with van der Waals surface area (Å²) in [5.41, 5.74) is 0. The third kappa shape index (κ3) is 2.35. The Morgan fingerprint density at radius 1 is 1.62 bits per heavy atom. The Balaban J connectivity index is 0.000000490. The first-order valence-electron chi connectivity index (χ1n) is 2.24. The molecule has 1 saturated heterocycles. The Morgan fingerprint density at radius 3 is 2.62 bits per heavy atom. The normalized spacial score (nSPS) is 17.8. The van der Waals surface area contributed by atoms with Crippen molar-refractivity contribution in [1.82, 2.24) is 0 Å². The minimum absolute atomic E-state index is 0. The zero-order chi connectivity index (χ0) is 5.11. The van der Waals surface area contributed by atoms with Gasteiger partial charge in [-0.3, -0.25) is 4.79 Å². The van der Waals surface area contributed by atoms with E-state index >= 15 is 0 Å². The molecule has 0 spiro atoms. The second-order valence-corrected chi connectivity index (χ2v) is 1.35. The molecule has 1 rings (SSSR count). The van der Waals surface area contributed by atoms with Crippen LogP contribution in [0.15, 0.2) is 0 Å². The monoisotopic (exact) mass is 297 g/mol. The van der Waals surface area contributed by atoms with Crippen molar-refractivity contribution in [1.29, 1.82) is 0 Å². The molecule has 1 amide bonds. The molecule has 1 aliphatic rings. The first kappa shape index (κ1) is 8.01. The van der Waals surface area contributed by atoms with E-state index in [1.54, 1.807) is 0 Å². The van der Waals surface area contributed by atoms with Crippen LogP contribution in [0.4, 0.5) is 4.79 Å². The van der Waals surface area contributed by atoms with Crippen LogP contribution in [0.5, 0.6) is 0 Å². The fourth-order valence-electron chi connectivity index (χ4n) is 0.440. The second kappa shape index (κ2) is 3.95. The van der Waals surface area contributed by atoms with E-state index < -0.39 is 6.09 Å². The molecule has 0 aromatic heterocycles. The van der Waals surface area contributed by atoms with Crippen LogP contribution < -0.4 is 0 Å². The summed E-state index contributed by atoms with van der Waals surface area (Å²) in [5.74, 6) is 0. The van der Waals surface area contributed by atoms with E-state index in [-0.39, 0.29) is 22.4 Å². The van der Waals surface area contributed by atoms with E-state index in [4.69, 9.17) is 0 Å². The molecule has 1 aliphatic heterocycles. The van der Waals surface area contributed by atoms with E-state index in [0.29, 0.717) is 13.2 Å². The molecule has 3 nitrogen and oxygen atoms in total. The van der Waals surface area contributed by atoms with Crippen LogP contribution in [0.25, 0.3) is 5.32 Å². The van der Waals surface area contributed by atoms with Gasteiger partial charge in [0.25, 0.3) is 0 Å². The van der Waals surface area contributed by atoms with Gasteiger partial charge >= 0.3 is 22.4 Å². The van der Waals surface area contributed by atoms with E-state index in [1.165, 1.54) is 0 Å². The standard InChI is InChI=1S/C4H7NO2.Au/c6-4-5-2-1-3-7-4;/h1-3H2,(H,5,6);/q;+1/p-1. The minimum Gasteiger partial charge on any atom is -0.617 e. The molecular weight excluding hydrogens is 291 g/mol. The predicted octanol–water partition coefficient (Wildman–Crippen LogP) is 0.898. The van der Waals surface area contributed by atoms with Crippen LogP contribution in [0.2, 0.25) is 0 Å². The molecule has 0 aromatic rings. The summed E-state index contributed by atoms with van der Waals surface area (Å²) in [4.78, 5) is 10.1. The number of nitrogens with zero attached hydrogens (tertiary/aromatic N) is 1. The summed E-state index contributed by atoms with van der Waals surface area (Å²) in [7, 11) is 0. The summed E-state index contributed by atoms with van der Waals surface area (Å²) in [6.45, 7) is 1.18. The maximum Gasteiger partial charge on any atom is 1.00 e. The second-order valence-electron chi connectivity index (χ2n) is 1.35. The molecule has 0 saturated carbocycles. The molecule has 0 bridgehead atoms. The number of cyclic esters (lactones) is 1. The molecular formula is C4H6AuNO2. The van der Waals surface area contributed by atoms with Gasteiger partial charge in [0.15, 0.2) is 0 Å². The van der Waals surface area contributed by atoms with Gasteiger partial charge in [-0.1, -0.05) is 0 Å². The van der Waals surface area contributed by atoms with Crippen LogP contribution in [0, 0.1) is 0 Å². The summed E-state index contributed by atoms with van der Waals surface area (Å²) in [5, 5.41) is 3.47. The Kier molecular flexibility index (Phi) is 3.95. The molecule has 0 aliphatic carbocycles. The molecule has 0 aromatic carbocycles. The van der Waals surface area contributed by atoms with Crippen LogP contribution in [0.3, 0.4) is 0 Å². The average Bonchev–Trinajstić information content (AvgIpc) is 1.69. The van der Waals surface area contributed by atoms with Crippen molar-refractivity contribution in [2.45, 2.75) is 6.42 Å². The Bertz CT molecular complexity index is 78.1. The van der Waals surface area contributed by atoms with Crippen molar-refractivity contribution in [2.75, 3.05) is 13.2 Å². The smallest absolute Gasteiger partial charge is 0.617 e. The average molecular weight is 297 g/mol. The third-order valence-electron chi connectivity index (χ3n) is 0.769. The SMILES string of the molecule is O=C1[N-]CCCO1.[Au+]. The van der Waals surface area contributed by atoms with Crippen molar-refractivity contribution in [3.8, 4) is 0 Å². The molecule has 0 radical (unpaired) electrons. The summed E-state index contributed by atoms with van der Waals surface area (Å²) >= 11 is 0. The van der Waals surface area contributed by atoms with Crippen LogP contribution in [0.1, 0.15) is 6.42 Å². The van der Waals surface area contributed by atoms with Gasteiger partial charge in [0.1, 0.15) is 0 Å². The molecule has 50 valence electrons. The fourth-order valence-corrected chi connectivity index (χ4v) is 0.440. The number of amides is 1. The molecule has 0 unspecified atom stereocenters. The maximum absolute atomic E-state index is 10.1. The van der Waals surface area contributed by atoms with Gasteiger partial charge in [0.05, 0.1) is 6.61 Å². The van der Waals surface area contributed by atoms with Gasteiger partial charge in [-0.15, -0.1) is 6.54 Å². The zero-order valence-electron chi connectivity index (χ0n) is 4.19. The molecule has 0 N–H and O–H groups in total. The van der Waals surface area contributed by atoms with Crippen molar-refractivity contribution < 1.29 is 31.9 Å². The summed E-state index contributed by atoms with van der Waals surface area (Å²) in [6, 6.07) is 0. The number of ether oxygens (including phenoxy) is 1. The number of hydrogen-bond donors (Lipinski definition) is 0. The Labute approximate surface area is 63.3 Å². The molecule has 8 heavy (non-hydrogen) atoms. The van der Waals surface area contributed by atoms with Crippen molar-refractivity contribution >= 4 is 6.09 Å². The minimum atomic E-state index is -0.411. The van der Waals surface area contributed by atoms with Gasteiger partial charge in [0, 0.05) is 0 Å². The Morgan fingerprint density at radius 2 is 2.38 bits per heavy atom. The summed E-state index contributed by atoms with van der Waals surface area (Å²) < 4.78 is 4.47. The molecule has 0 atom stereocenters. The van der Waals surface area contributed by atoms with Crippen LogP contribution >= 0.6 is 0 Å². The van der Waals surface area contributed by atoms with Gasteiger partial charge in [-0.05, 0) is 6.42 Å². The van der Waals surface area contributed by atoms with Gasteiger partial charge < -0.3 is 10.1 Å². The largest absolute Gasteiger partial charge is 1.00 e. The number of rotatable bonds is 0. The number of carbonyl (C=O) groups excluding carboxylic acids is 1. The summed E-state index contributed by atoms with van der Waals surface area (Å²) in [6.07, 6.45) is 0.470. The zero-order valence-corrected chi connectivity index (χ0v) is 6.35. The van der Waals surface area contributed by atoms with Crippen LogP contribution in [-0.4, -0.2) is 19.2 Å². The first-order valence-corrected chi connectivity index (χ1v) is 2.24. The molecule has 4 heteroatoms. The number of hydrogen-bond acceptors (Lipinski definition) is 2. The topological polar surface area (TPSA) is 40.4 Å². The Hall–Kier alpha value is 0.0103. The number of carbonyl (C=O) groups is 1. The molecule has 1 heterocycles. The quantitative estimate of drug-likeness (QED) is 0.623. The third-order valence-corrected chi connectivity index (χ3v) is 0.769. The van der Waals surface area contributed by atoms with Gasteiger partial charge in [-0.25, -0.2) is 0 Å². The van der Waals surface area contributed by atoms with E-state index in [2.05, 4.69) is 10.1 Å². The van der Waals surface area contributed by atoms with Crippen molar-refractivity contribution in [3.05, 3.63) is 5.32 Å². The molecule has 1 fully saturated rings. The van der Waals surface area contributed by atoms with E-state index in [1.807, 2.05) is 0 Å². The predicted molar refractivity (Wildman–Crippen MR) is 24.2 cm³/mol.